The van der Waals surface area contributed by atoms with E-state index in [4.69, 9.17) is 9.47 Å². The number of unbranched alkanes of at least 4 members (excludes halogenated alkanes) is 3. The molecule has 0 spiro atoms. The van der Waals surface area contributed by atoms with Crippen LogP contribution in [0.3, 0.4) is 0 Å². The predicted molar refractivity (Wildman–Crippen MR) is 90.6 cm³/mol. The van der Waals surface area contributed by atoms with E-state index in [0.29, 0.717) is 0 Å². The Morgan fingerprint density at radius 1 is 1.00 bits per heavy atom. The summed E-state index contributed by atoms with van der Waals surface area (Å²) < 4.78 is 9.83. The molecule has 0 atom stereocenters. The van der Waals surface area contributed by atoms with E-state index in [-0.39, 0.29) is 0 Å². The number of rotatable bonds is 9. The zero-order valence-corrected chi connectivity index (χ0v) is 14.2. The molecule has 1 aromatic rings. The first kappa shape index (κ1) is 18.9. The fourth-order valence-corrected chi connectivity index (χ4v) is 2.17. The third-order valence-electron chi connectivity index (χ3n) is 3.31. The number of esters is 2. The minimum Gasteiger partial charge on any atom is -0.421 e. The Balaban J connectivity index is 2.56. The van der Waals surface area contributed by atoms with Gasteiger partial charge in [-0.2, -0.15) is 0 Å². The predicted octanol–water partition coefficient (Wildman–Crippen LogP) is 4.27. The SMILES string of the molecule is CCCCCCc1ccc(/C=C/C(OC(C)=O)OC(C)=O)cc1. The first-order valence-corrected chi connectivity index (χ1v) is 8.13. The summed E-state index contributed by atoms with van der Waals surface area (Å²) in [6.07, 6.45) is 8.45. The highest BCUT2D eigenvalue weighted by Crippen LogP contribution is 2.12. The van der Waals surface area contributed by atoms with Gasteiger partial charge in [0.05, 0.1) is 0 Å². The lowest BCUT2D eigenvalue weighted by Gasteiger charge is -2.12. The van der Waals surface area contributed by atoms with E-state index in [9.17, 15) is 9.59 Å². The molecule has 1 rings (SSSR count). The average molecular weight is 318 g/mol. The van der Waals surface area contributed by atoms with Gasteiger partial charge in [-0.3, -0.25) is 9.59 Å². The smallest absolute Gasteiger partial charge is 0.305 e. The van der Waals surface area contributed by atoms with Gasteiger partial charge in [-0.05, 0) is 30.0 Å². The second-order valence-corrected chi connectivity index (χ2v) is 5.50. The van der Waals surface area contributed by atoms with Crippen molar-refractivity contribution in [3.63, 3.8) is 0 Å². The van der Waals surface area contributed by atoms with Gasteiger partial charge in [0.25, 0.3) is 6.29 Å². The molecule has 0 radical (unpaired) electrons. The van der Waals surface area contributed by atoms with Crippen molar-refractivity contribution in [3.05, 3.63) is 41.5 Å². The molecule has 0 N–H and O–H groups in total. The Labute approximate surface area is 138 Å². The van der Waals surface area contributed by atoms with Crippen LogP contribution < -0.4 is 0 Å². The van der Waals surface area contributed by atoms with Crippen LogP contribution in [-0.2, 0) is 25.5 Å². The first-order valence-electron chi connectivity index (χ1n) is 8.13. The van der Waals surface area contributed by atoms with E-state index in [1.165, 1.54) is 45.1 Å². The molecule has 0 aliphatic carbocycles. The molecule has 0 fully saturated rings. The van der Waals surface area contributed by atoms with Crippen LogP contribution in [0.2, 0.25) is 0 Å². The fraction of sp³-hybridized carbons (Fsp3) is 0.474. The summed E-state index contributed by atoms with van der Waals surface area (Å²) in [4.78, 5) is 22.0. The van der Waals surface area contributed by atoms with Crippen molar-refractivity contribution in [3.8, 4) is 0 Å². The van der Waals surface area contributed by atoms with Crippen molar-refractivity contribution in [2.45, 2.75) is 59.2 Å². The molecule has 0 saturated heterocycles. The molecule has 0 saturated carbocycles. The average Bonchev–Trinajstić information content (AvgIpc) is 2.49. The summed E-state index contributed by atoms with van der Waals surface area (Å²) in [6, 6.07) is 8.20. The van der Waals surface area contributed by atoms with Crippen LogP contribution in [0.15, 0.2) is 30.3 Å². The molecule has 0 aliphatic rings. The molecule has 23 heavy (non-hydrogen) atoms. The van der Waals surface area contributed by atoms with Gasteiger partial charge in [-0.1, -0.05) is 56.5 Å². The van der Waals surface area contributed by atoms with Gasteiger partial charge in [0.1, 0.15) is 0 Å². The van der Waals surface area contributed by atoms with Crippen molar-refractivity contribution in [2.75, 3.05) is 0 Å². The van der Waals surface area contributed by atoms with E-state index in [0.717, 1.165) is 12.0 Å². The lowest BCUT2D eigenvalue weighted by atomic mass is 10.0. The second-order valence-electron chi connectivity index (χ2n) is 5.50. The van der Waals surface area contributed by atoms with Gasteiger partial charge in [0.15, 0.2) is 0 Å². The highest BCUT2D eigenvalue weighted by molar-refractivity contribution is 5.68. The standard InChI is InChI=1S/C19H26O4/c1-4-5-6-7-8-17-9-11-18(12-10-17)13-14-19(22-15(2)20)23-16(3)21/h9-14,19H,4-8H2,1-3H3/b14-13+. The zero-order valence-electron chi connectivity index (χ0n) is 14.2. The molecule has 0 unspecified atom stereocenters. The molecular weight excluding hydrogens is 292 g/mol. The highest BCUT2D eigenvalue weighted by Gasteiger charge is 2.10. The van der Waals surface area contributed by atoms with E-state index < -0.39 is 18.2 Å². The number of aryl methyl sites for hydroxylation is 1. The molecule has 4 nitrogen and oxygen atoms in total. The van der Waals surface area contributed by atoms with Crippen molar-refractivity contribution in [1.29, 1.82) is 0 Å². The molecule has 0 heterocycles. The summed E-state index contributed by atoms with van der Waals surface area (Å²) in [6.45, 7) is 4.76. The number of benzene rings is 1. The van der Waals surface area contributed by atoms with Gasteiger partial charge in [0, 0.05) is 13.8 Å². The van der Waals surface area contributed by atoms with Gasteiger partial charge < -0.3 is 9.47 Å². The number of hydrogen-bond donors (Lipinski definition) is 0. The molecule has 0 aromatic heterocycles. The van der Waals surface area contributed by atoms with E-state index in [2.05, 4.69) is 19.1 Å². The van der Waals surface area contributed by atoms with Gasteiger partial charge in [-0.15, -0.1) is 0 Å². The van der Waals surface area contributed by atoms with Gasteiger partial charge in [-0.25, -0.2) is 0 Å². The lowest BCUT2D eigenvalue weighted by molar-refractivity contribution is -0.176. The quantitative estimate of drug-likeness (QED) is 0.387. The van der Waals surface area contributed by atoms with Crippen molar-refractivity contribution < 1.29 is 19.1 Å². The third kappa shape index (κ3) is 8.81. The topological polar surface area (TPSA) is 52.6 Å². The van der Waals surface area contributed by atoms with Crippen LogP contribution in [0, 0.1) is 0 Å². The molecule has 0 bridgehead atoms. The molecular formula is C19H26O4. The Morgan fingerprint density at radius 2 is 1.61 bits per heavy atom. The maximum absolute atomic E-state index is 11.0. The minimum absolute atomic E-state index is 0.497. The largest absolute Gasteiger partial charge is 0.421 e. The summed E-state index contributed by atoms with van der Waals surface area (Å²) in [7, 11) is 0. The Hall–Kier alpha value is -2.10. The van der Waals surface area contributed by atoms with Gasteiger partial charge >= 0.3 is 11.9 Å². The summed E-state index contributed by atoms with van der Waals surface area (Å²) >= 11 is 0. The fourth-order valence-electron chi connectivity index (χ4n) is 2.17. The number of carbonyl (C=O) groups is 2. The zero-order chi connectivity index (χ0) is 17.1. The van der Waals surface area contributed by atoms with E-state index >= 15 is 0 Å². The molecule has 1 aromatic carbocycles. The third-order valence-corrected chi connectivity index (χ3v) is 3.31. The monoisotopic (exact) mass is 318 g/mol. The summed E-state index contributed by atoms with van der Waals surface area (Å²) in [5.41, 5.74) is 2.28. The summed E-state index contributed by atoms with van der Waals surface area (Å²) in [5, 5.41) is 0. The number of ether oxygens (including phenoxy) is 2. The van der Waals surface area contributed by atoms with Gasteiger partial charge in [0.2, 0.25) is 0 Å². The number of carbonyl (C=O) groups excluding carboxylic acids is 2. The maximum Gasteiger partial charge on any atom is 0.305 e. The highest BCUT2D eigenvalue weighted by atomic mass is 16.7. The molecule has 0 aliphatic heterocycles. The van der Waals surface area contributed by atoms with E-state index in [1.807, 2.05) is 12.1 Å². The minimum atomic E-state index is -0.987. The van der Waals surface area contributed by atoms with Crippen molar-refractivity contribution in [1.82, 2.24) is 0 Å². The normalized spacial score (nSPS) is 11.0. The Morgan fingerprint density at radius 3 is 2.13 bits per heavy atom. The van der Waals surface area contributed by atoms with E-state index in [1.54, 1.807) is 12.2 Å². The van der Waals surface area contributed by atoms with Crippen LogP contribution in [0.5, 0.6) is 0 Å². The lowest BCUT2D eigenvalue weighted by Crippen LogP contribution is -2.19. The molecule has 4 heteroatoms. The summed E-state index contributed by atoms with van der Waals surface area (Å²) in [5.74, 6) is -0.994. The van der Waals surface area contributed by atoms with Crippen molar-refractivity contribution >= 4 is 18.0 Å². The Bertz CT molecular complexity index is 501. The van der Waals surface area contributed by atoms with Crippen LogP contribution in [0.25, 0.3) is 6.08 Å². The van der Waals surface area contributed by atoms with Crippen LogP contribution in [0.1, 0.15) is 57.6 Å². The molecule has 126 valence electrons. The number of hydrogen-bond acceptors (Lipinski definition) is 4. The van der Waals surface area contributed by atoms with Crippen molar-refractivity contribution in [2.24, 2.45) is 0 Å². The first-order chi connectivity index (χ1) is 11.0. The van der Waals surface area contributed by atoms with Crippen LogP contribution >= 0.6 is 0 Å². The Kier molecular flexibility index (Phi) is 8.73. The molecule has 0 amide bonds. The van der Waals surface area contributed by atoms with Crippen LogP contribution in [0.4, 0.5) is 0 Å². The maximum atomic E-state index is 11.0. The van der Waals surface area contributed by atoms with Crippen LogP contribution in [-0.4, -0.2) is 18.2 Å². The second kappa shape index (κ2) is 10.6.